The van der Waals surface area contributed by atoms with Gasteiger partial charge in [-0.05, 0) is 48.8 Å². The first kappa shape index (κ1) is 17.6. The largest absolute Gasteiger partial charge is 0.444 e. The highest BCUT2D eigenvalue weighted by atomic mass is 79.9. The molecule has 0 aromatic carbocycles. The average Bonchev–Trinajstić information content (AvgIpc) is 2.53. The first-order valence-corrected chi connectivity index (χ1v) is 9.06. The number of rotatable bonds is 1. The molecular formula is C17H24BrN3O3. The Morgan fingerprint density at radius 1 is 1.33 bits per heavy atom. The van der Waals surface area contributed by atoms with Crippen molar-refractivity contribution in [2.24, 2.45) is 0 Å². The summed E-state index contributed by atoms with van der Waals surface area (Å²) in [5.41, 5.74) is 0.488. The zero-order chi connectivity index (χ0) is 17.3. The van der Waals surface area contributed by atoms with Gasteiger partial charge < -0.3 is 14.4 Å². The van der Waals surface area contributed by atoms with Crippen molar-refractivity contribution in [3.63, 3.8) is 0 Å². The van der Waals surface area contributed by atoms with Gasteiger partial charge in [0.05, 0.1) is 18.3 Å². The molecular weight excluding hydrogens is 374 g/mol. The summed E-state index contributed by atoms with van der Waals surface area (Å²) in [5, 5.41) is 0. The van der Waals surface area contributed by atoms with Crippen LogP contribution in [0.3, 0.4) is 0 Å². The number of pyridine rings is 1. The number of amides is 1. The predicted molar refractivity (Wildman–Crippen MR) is 93.8 cm³/mol. The van der Waals surface area contributed by atoms with Gasteiger partial charge in [-0.15, -0.1) is 0 Å². The molecule has 1 amide bonds. The van der Waals surface area contributed by atoms with Crippen LogP contribution in [-0.2, 0) is 9.47 Å². The van der Waals surface area contributed by atoms with Crippen LogP contribution in [-0.4, -0.2) is 65.3 Å². The highest BCUT2D eigenvalue weighted by Gasteiger charge is 2.37. The topological polar surface area (TPSA) is 54.9 Å². The molecule has 2 fully saturated rings. The molecule has 132 valence electrons. The Kier molecular flexibility index (Phi) is 5.13. The first-order chi connectivity index (χ1) is 11.3. The van der Waals surface area contributed by atoms with Gasteiger partial charge in [-0.3, -0.25) is 9.88 Å². The highest BCUT2D eigenvalue weighted by Crippen LogP contribution is 2.27. The summed E-state index contributed by atoms with van der Waals surface area (Å²) in [6, 6.07) is 4.20. The molecule has 0 saturated carbocycles. The van der Waals surface area contributed by atoms with E-state index in [0.29, 0.717) is 19.7 Å². The molecule has 2 atom stereocenters. The van der Waals surface area contributed by atoms with Crippen molar-refractivity contribution in [3.8, 4) is 0 Å². The van der Waals surface area contributed by atoms with E-state index in [0.717, 1.165) is 23.3 Å². The maximum Gasteiger partial charge on any atom is 0.410 e. The average molecular weight is 398 g/mol. The van der Waals surface area contributed by atoms with Crippen LogP contribution in [0.5, 0.6) is 0 Å². The van der Waals surface area contributed by atoms with E-state index < -0.39 is 5.60 Å². The second-order valence-corrected chi connectivity index (χ2v) is 8.21. The van der Waals surface area contributed by atoms with Gasteiger partial charge in [0.15, 0.2) is 0 Å². The van der Waals surface area contributed by atoms with Crippen molar-refractivity contribution in [2.75, 3.05) is 32.8 Å². The van der Waals surface area contributed by atoms with Gasteiger partial charge in [-0.25, -0.2) is 4.79 Å². The Labute approximate surface area is 151 Å². The number of aromatic nitrogens is 1. The number of piperazine rings is 1. The van der Waals surface area contributed by atoms with Crippen LogP contribution in [0.1, 0.15) is 32.6 Å². The predicted octanol–water partition coefficient (Wildman–Crippen LogP) is 2.84. The summed E-state index contributed by atoms with van der Waals surface area (Å²) in [6.07, 6.45) is 1.55. The Balaban J connectivity index is 1.58. The fourth-order valence-electron chi connectivity index (χ4n) is 3.03. The molecule has 0 bridgehead atoms. The van der Waals surface area contributed by atoms with Gasteiger partial charge in [-0.1, -0.05) is 0 Å². The molecule has 0 N–H and O–H groups in total. The number of morpholine rings is 1. The zero-order valence-electron chi connectivity index (χ0n) is 14.4. The zero-order valence-corrected chi connectivity index (χ0v) is 16.0. The van der Waals surface area contributed by atoms with Crippen molar-refractivity contribution >= 4 is 22.0 Å². The lowest BCUT2D eigenvalue weighted by atomic mass is 10.1. The molecule has 6 nitrogen and oxygen atoms in total. The van der Waals surface area contributed by atoms with Crippen LogP contribution < -0.4 is 0 Å². The third-order valence-electron chi connectivity index (χ3n) is 4.23. The molecule has 2 aliphatic heterocycles. The first-order valence-electron chi connectivity index (χ1n) is 8.27. The number of halogens is 1. The van der Waals surface area contributed by atoms with Gasteiger partial charge in [0.25, 0.3) is 0 Å². The van der Waals surface area contributed by atoms with Gasteiger partial charge in [0.2, 0.25) is 0 Å². The molecule has 1 aromatic rings. The quantitative estimate of drug-likeness (QED) is 0.728. The minimum Gasteiger partial charge on any atom is -0.444 e. The molecule has 0 spiro atoms. The maximum atomic E-state index is 12.2. The molecule has 2 saturated heterocycles. The molecule has 2 aliphatic rings. The summed E-state index contributed by atoms with van der Waals surface area (Å²) in [5.74, 6) is 0. The van der Waals surface area contributed by atoms with Crippen molar-refractivity contribution < 1.29 is 14.3 Å². The van der Waals surface area contributed by atoms with Crippen molar-refractivity contribution in [1.29, 1.82) is 0 Å². The second kappa shape index (κ2) is 6.98. The lowest BCUT2D eigenvalue weighted by molar-refractivity contribution is -0.0919. The summed E-state index contributed by atoms with van der Waals surface area (Å²) >= 11 is 3.40. The van der Waals surface area contributed by atoms with Crippen LogP contribution in [0.15, 0.2) is 22.8 Å². The normalized spacial score (nSPS) is 25.2. The molecule has 1 unspecified atom stereocenters. The number of nitrogens with zero attached hydrogens (tertiary/aromatic N) is 3. The lowest BCUT2D eigenvalue weighted by Crippen LogP contribution is -2.60. The standard InChI is InChI=1S/C17H24BrN3O3/c1-17(2,3)24-16(22)21-7-6-20-10-15(23-11-13(20)9-21)14-5-4-12(18)8-19-14/h4-5,8,13,15H,6-7,9-11H2,1-3H3/t13-,15?/m0/s1. The van der Waals surface area contributed by atoms with Crippen LogP contribution in [0, 0.1) is 0 Å². The SMILES string of the molecule is CC(C)(C)OC(=O)N1CCN2CC(c3ccc(Br)cn3)OC[C@@H]2C1. The smallest absolute Gasteiger partial charge is 0.410 e. The lowest BCUT2D eigenvalue weighted by Gasteiger charge is -2.45. The minimum absolute atomic E-state index is 0.0116. The fraction of sp³-hybridized carbons (Fsp3) is 0.647. The summed E-state index contributed by atoms with van der Waals surface area (Å²) < 4.78 is 12.4. The number of fused-ring (bicyclic) bond motifs is 1. The molecule has 0 radical (unpaired) electrons. The Hall–Kier alpha value is -1.18. The number of hydrogen-bond donors (Lipinski definition) is 0. The van der Waals surface area contributed by atoms with E-state index >= 15 is 0 Å². The van der Waals surface area contributed by atoms with E-state index in [9.17, 15) is 4.79 Å². The molecule has 24 heavy (non-hydrogen) atoms. The molecule has 1 aromatic heterocycles. The van der Waals surface area contributed by atoms with Gasteiger partial charge in [-0.2, -0.15) is 0 Å². The van der Waals surface area contributed by atoms with E-state index in [1.807, 2.05) is 32.9 Å². The second-order valence-electron chi connectivity index (χ2n) is 7.30. The van der Waals surface area contributed by atoms with Crippen molar-refractivity contribution in [2.45, 2.75) is 38.5 Å². The van der Waals surface area contributed by atoms with Gasteiger partial charge >= 0.3 is 6.09 Å². The van der Waals surface area contributed by atoms with E-state index in [1.165, 1.54) is 0 Å². The summed E-state index contributed by atoms with van der Waals surface area (Å²) in [4.78, 5) is 20.8. The monoisotopic (exact) mass is 397 g/mol. The number of carbonyl (C=O) groups is 1. The van der Waals surface area contributed by atoms with E-state index in [-0.39, 0.29) is 18.2 Å². The van der Waals surface area contributed by atoms with E-state index in [2.05, 4.69) is 25.8 Å². The van der Waals surface area contributed by atoms with E-state index in [1.54, 1.807) is 11.1 Å². The molecule has 3 heterocycles. The summed E-state index contributed by atoms with van der Waals surface area (Å²) in [7, 11) is 0. The Morgan fingerprint density at radius 2 is 2.12 bits per heavy atom. The van der Waals surface area contributed by atoms with Crippen LogP contribution in [0.2, 0.25) is 0 Å². The van der Waals surface area contributed by atoms with Gasteiger partial charge in [0.1, 0.15) is 11.7 Å². The third kappa shape index (κ3) is 4.26. The minimum atomic E-state index is -0.463. The fourth-order valence-corrected chi connectivity index (χ4v) is 3.27. The number of carbonyl (C=O) groups excluding carboxylic acids is 1. The number of ether oxygens (including phenoxy) is 2. The maximum absolute atomic E-state index is 12.2. The Bertz CT molecular complexity index is 588. The van der Waals surface area contributed by atoms with Crippen molar-refractivity contribution in [1.82, 2.24) is 14.8 Å². The summed E-state index contributed by atoms with van der Waals surface area (Å²) in [6.45, 7) is 9.24. The van der Waals surface area contributed by atoms with Gasteiger partial charge in [0, 0.05) is 36.8 Å². The van der Waals surface area contributed by atoms with Crippen LogP contribution in [0.25, 0.3) is 0 Å². The van der Waals surface area contributed by atoms with E-state index in [4.69, 9.17) is 9.47 Å². The Morgan fingerprint density at radius 3 is 2.79 bits per heavy atom. The number of hydrogen-bond acceptors (Lipinski definition) is 5. The van der Waals surface area contributed by atoms with Crippen LogP contribution in [0.4, 0.5) is 4.79 Å². The highest BCUT2D eigenvalue weighted by molar-refractivity contribution is 9.10. The molecule has 7 heteroatoms. The van der Waals surface area contributed by atoms with Crippen molar-refractivity contribution in [3.05, 3.63) is 28.5 Å². The third-order valence-corrected chi connectivity index (χ3v) is 4.70. The van der Waals surface area contributed by atoms with Crippen LogP contribution >= 0.6 is 15.9 Å². The molecule has 0 aliphatic carbocycles. The molecule has 3 rings (SSSR count).